The fraction of sp³-hybridized carbons (Fsp3) is 0.467. The van der Waals surface area contributed by atoms with E-state index in [1.54, 1.807) is 6.33 Å². The third-order valence-corrected chi connectivity index (χ3v) is 3.27. The zero-order chi connectivity index (χ0) is 14.4. The van der Waals surface area contributed by atoms with E-state index in [2.05, 4.69) is 34.5 Å². The maximum absolute atomic E-state index is 5.69. The van der Waals surface area contributed by atoms with Gasteiger partial charge in [-0.05, 0) is 31.2 Å². The molecule has 0 bridgehead atoms. The molecule has 2 aromatic rings. The van der Waals surface area contributed by atoms with Gasteiger partial charge in [-0.2, -0.15) is 5.10 Å². The van der Waals surface area contributed by atoms with Crippen LogP contribution >= 0.6 is 0 Å². The number of nitrogens with one attached hydrogen (secondary N) is 1. The summed E-state index contributed by atoms with van der Waals surface area (Å²) in [7, 11) is 3.87. The first kappa shape index (κ1) is 14.5. The number of rotatable bonds is 7. The molecule has 1 atom stereocenters. The van der Waals surface area contributed by atoms with Gasteiger partial charge in [0.2, 0.25) is 0 Å². The smallest absolute Gasteiger partial charge is 0.138 e. The van der Waals surface area contributed by atoms with E-state index in [-0.39, 0.29) is 6.04 Å². The number of aryl methyl sites for hydroxylation is 1. The van der Waals surface area contributed by atoms with E-state index in [4.69, 9.17) is 4.74 Å². The van der Waals surface area contributed by atoms with Crippen molar-refractivity contribution in [3.05, 3.63) is 42.0 Å². The van der Waals surface area contributed by atoms with E-state index in [9.17, 15) is 0 Å². The molecule has 0 saturated heterocycles. The minimum atomic E-state index is 0.197. The predicted molar refractivity (Wildman–Crippen MR) is 78.7 cm³/mol. The summed E-state index contributed by atoms with van der Waals surface area (Å²) in [5, 5.41) is 7.44. The van der Waals surface area contributed by atoms with Crippen molar-refractivity contribution in [1.82, 2.24) is 20.1 Å². The summed E-state index contributed by atoms with van der Waals surface area (Å²) in [6.45, 7) is 2.85. The summed E-state index contributed by atoms with van der Waals surface area (Å²) in [4.78, 5) is 4.28. The first-order valence-corrected chi connectivity index (χ1v) is 6.97. The third-order valence-electron chi connectivity index (χ3n) is 3.27. The molecular formula is C15H22N4O. The summed E-state index contributed by atoms with van der Waals surface area (Å²) in [6, 6.07) is 8.42. The summed E-state index contributed by atoms with van der Waals surface area (Å²) >= 11 is 0. The van der Waals surface area contributed by atoms with E-state index in [0.29, 0.717) is 0 Å². The second kappa shape index (κ2) is 7.05. The topological polar surface area (TPSA) is 52.0 Å². The van der Waals surface area contributed by atoms with Gasteiger partial charge in [-0.1, -0.05) is 19.1 Å². The van der Waals surface area contributed by atoms with Gasteiger partial charge < -0.3 is 10.1 Å². The van der Waals surface area contributed by atoms with Crippen LogP contribution in [0.2, 0.25) is 0 Å². The Hall–Kier alpha value is -1.88. The SMILES string of the molecule is CCCOc1cccc(C(Cc2ncnn2C)NC)c1. The quantitative estimate of drug-likeness (QED) is 0.840. The van der Waals surface area contributed by atoms with E-state index < -0.39 is 0 Å². The van der Waals surface area contributed by atoms with Crippen LogP contribution in [-0.4, -0.2) is 28.4 Å². The van der Waals surface area contributed by atoms with Gasteiger partial charge in [-0.25, -0.2) is 4.98 Å². The number of benzene rings is 1. The zero-order valence-electron chi connectivity index (χ0n) is 12.3. The molecule has 0 aliphatic heterocycles. The second-order valence-corrected chi connectivity index (χ2v) is 4.77. The average Bonchev–Trinajstić information content (AvgIpc) is 2.88. The number of hydrogen-bond donors (Lipinski definition) is 1. The lowest BCUT2D eigenvalue weighted by molar-refractivity contribution is 0.316. The largest absolute Gasteiger partial charge is 0.494 e. The maximum Gasteiger partial charge on any atom is 0.138 e. The summed E-state index contributed by atoms with van der Waals surface area (Å²) in [5.74, 6) is 1.88. The molecule has 20 heavy (non-hydrogen) atoms. The number of nitrogens with zero attached hydrogens (tertiary/aromatic N) is 3. The minimum absolute atomic E-state index is 0.197. The normalized spacial score (nSPS) is 12.3. The molecule has 1 aromatic heterocycles. The molecule has 0 amide bonds. The van der Waals surface area contributed by atoms with Crippen LogP contribution in [0.15, 0.2) is 30.6 Å². The van der Waals surface area contributed by atoms with E-state index in [1.165, 1.54) is 5.56 Å². The molecule has 0 aliphatic rings. The highest BCUT2D eigenvalue weighted by atomic mass is 16.5. The number of ether oxygens (including phenoxy) is 1. The molecule has 1 heterocycles. The molecule has 1 unspecified atom stereocenters. The van der Waals surface area contributed by atoms with Gasteiger partial charge in [0, 0.05) is 19.5 Å². The molecule has 5 heteroatoms. The number of likely N-dealkylation sites (N-methyl/N-ethyl adjacent to an activating group) is 1. The third kappa shape index (κ3) is 3.57. The van der Waals surface area contributed by atoms with Crippen molar-refractivity contribution in [3.63, 3.8) is 0 Å². The van der Waals surface area contributed by atoms with Crippen molar-refractivity contribution in [3.8, 4) is 5.75 Å². The van der Waals surface area contributed by atoms with Crippen molar-refractivity contribution in [2.75, 3.05) is 13.7 Å². The van der Waals surface area contributed by atoms with Gasteiger partial charge in [0.05, 0.1) is 6.61 Å². The van der Waals surface area contributed by atoms with Crippen LogP contribution in [0, 0.1) is 0 Å². The van der Waals surface area contributed by atoms with E-state index in [0.717, 1.165) is 31.0 Å². The molecule has 0 radical (unpaired) electrons. The van der Waals surface area contributed by atoms with Gasteiger partial charge >= 0.3 is 0 Å². The van der Waals surface area contributed by atoms with Crippen LogP contribution < -0.4 is 10.1 Å². The van der Waals surface area contributed by atoms with Crippen LogP contribution in [-0.2, 0) is 13.5 Å². The van der Waals surface area contributed by atoms with Crippen LogP contribution in [0.4, 0.5) is 0 Å². The Morgan fingerprint density at radius 1 is 1.40 bits per heavy atom. The van der Waals surface area contributed by atoms with E-state index in [1.807, 2.05) is 30.9 Å². The first-order chi connectivity index (χ1) is 9.74. The Kier molecular flexibility index (Phi) is 5.12. The molecule has 1 N–H and O–H groups in total. The summed E-state index contributed by atoms with van der Waals surface area (Å²) in [6.07, 6.45) is 3.39. The van der Waals surface area contributed by atoms with Crippen LogP contribution in [0.25, 0.3) is 0 Å². The van der Waals surface area contributed by atoms with Gasteiger partial charge in [-0.3, -0.25) is 4.68 Å². The monoisotopic (exact) mass is 274 g/mol. The molecule has 5 nitrogen and oxygen atoms in total. The molecule has 108 valence electrons. The van der Waals surface area contributed by atoms with Crippen molar-refractivity contribution < 1.29 is 4.74 Å². The Morgan fingerprint density at radius 3 is 2.90 bits per heavy atom. The Labute approximate surface area is 120 Å². The highest BCUT2D eigenvalue weighted by molar-refractivity contribution is 5.31. The second-order valence-electron chi connectivity index (χ2n) is 4.77. The van der Waals surface area contributed by atoms with E-state index >= 15 is 0 Å². The lowest BCUT2D eigenvalue weighted by atomic mass is 10.0. The van der Waals surface area contributed by atoms with Crippen molar-refractivity contribution in [2.24, 2.45) is 7.05 Å². The molecule has 0 fully saturated rings. The number of hydrogen-bond acceptors (Lipinski definition) is 4. The fourth-order valence-corrected chi connectivity index (χ4v) is 2.12. The summed E-state index contributed by atoms with van der Waals surface area (Å²) in [5.41, 5.74) is 1.20. The number of aromatic nitrogens is 3. The Balaban J connectivity index is 2.12. The standard InChI is InChI=1S/C15H22N4O/c1-4-8-20-13-7-5-6-12(9-13)14(16-2)10-15-17-11-18-19(15)3/h5-7,9,11,14,16H,4,8,10H2,1-3H3. The average molecular weight is 274 g/mol. The minimum Gasteiger partial charge on any atom is -0.494 e. The summed E-state index contributed by atoms with van der Waals surface area (Å²) < 4.78 is 7.50. The highest BCUT2D eigenvalue weighted by Gasteiger charge is 2.13. The zero-order valence-corrected chi connectivity index (χ0v) is 12.3. The fourth-order valence-electron chi connectivity index (χ4n) is 2.12. The molecule has 0 aliphatic carbocycles. The van der Waals surface area contributed by atoms with Gasteiger partial charge in [0.25, 0.3) is 0 Å². The van der Waals surface area contributed by atoms with Crippen molar-refractivity contribution >= 4 is 0 Å². The maximum atomic E-state index is 5.69. The van der Waals surface area contributed by atoms with Gasteiger partial charge in [0.15, 0.2) is 0 Å². The van der Waals surface area contributed by atoms with Crippen LogP contribution in [0.5, 0.6) is 5.75 Å². The lowest BCUT2D eigenvalue weighted by Crippen LogP contribution is -2.20. The van der Waals surface area contributed by atoms with Crippen LogP contribution in [0.3, 0.4) is 0 Å². The molecule has 0 saturated carbocycles. The van der Waals surface area contributed by atoms with Gasteiger partial charge in [-0.15, -0.1) is 0 Å². The molecule has 0 spiro atoms. The predicted octanol–water partition coefficient (Wildman–Crippen LogP) is 2.11. The molecular weight excluding hydrogens is 252 g/mol. The van der Waals surface area contributed by atoms with Gasteiger partial charge in [0.1, 0.15) is 17.9 Å². The highest BCUT2D eigenvalue weighted by Crippen LogP contribution is 2.21. The lowest BCUT2D eigenvalue weighted by Gasteiger charge is -2.17. The first-order valence-electron chi connectivity index (χ1n) is 6.97. The van der Waals surface area contributed by atoms with Crippen molar-refractivity contribution in [2.45, 2.75) is 25.8 Å². The Bertz CT molecular complexity index is 538. The van der Waals surface area contributed by atoms with Crippen LogP contribution in [0.1, 0.15) is 30.8 Å². The Morgan fingerprint density at radius 2 is 2.25 bits per heavy atom. The molecule has 2 rings (SSSR count). The molecule has 1 aromatic carbocycles. The van der Waals surface area contributed by atoms with Crippen molar-refractivity contribution in [1.29, 1.82) is 0 Å².